The maximum absolute atomic E-state index is 12.2. The molecule has 1 aliphatic rings. The summed E-state index contributed by atoms with van der Waals surface area (Å²) in [4.78, 5) is 13.9. The Morgan fingerprint density at radius 2 is 1.73 bits per heavy atom. The maximum atomic E-state index is 12.2. The number of halogens is 2. The lowest BCUT2D eigenvalue weighted by atomic mass is 9.92. The van der Waals surface area contributed by atoms with Crippen LogP contribution in [0.5, 0.6) is 5.75 Å². The number of nitrogens with zero attached hydrogens (tertiary/aromatic N) is 1. The molecule has 5 heteroatoms. The topological polar surface area (TPSA) is 29.5 Å². The summed E-state index contributed by atoms with van der Waals surface area (Å²) in [6.45, 7) is 0.484. The van der Waals surface area contributed by atoms with Crippen LogP contribution >= 0.6 is 23.2 Å². The third-order valence-corrected chi connectivity index (χ3v) is 4.57. The number of hydrogen-bond acceptors (Lipinski definition) is 2. The zero-order chi connectivity index (χ0) is 15.7. The zero-order valence-electron chi connectivity index (χ0n) is 12.0. The van der Waals surface area contributed by atoms with E-state index in [1.165, 1.54) is 0 Å². The van der Waals surface area contributed by atoms with E-state index >= 15 is 0 Å². The smallest absolute Gasteiger partial charge is 0.262 e. The van der Waals surface area contributed by atoms with Crippen molar-refractivity contribution in [3.63, 3.8) is 0 Å². The van der Waals surface area contributed by atoms with Crippen molar-refractivity contribution in [2.24, 2.45) is 0 Å². The van der Waals surface area contributed by atoms with Crippen LogP contribution in [0.15, 0.2) is 54.6 Å². The largest absolute Gasteiger partial charge is 0.497 e. The van der Waals surface area contributed by atoms with Crippen LogP contribution in [0, 0.1) is 0 Å². The molecule has 1 aliphatic heterocycles. The Morgan fingerprint density at radius 1 is 1.09 bits per heavy atom. The minimum atomic E-state index is -1.41. The van der Waals surface area contributed by atoms with Gasteiger partial charge >= 0.3 is 0 Å². The van der Waals surface area contributed by atoms with Crippen LogP contribution < -0.4 is 4.74 Å². The van der Waals surface area contributed by atoms with E-state index in [4.69, 9.17) is 27.9 Å². The van der Waals surface area contributed by atoms with E-state index in [0.717, 1.165) is 16.9 Å². The van der Waals surface area contributed by atoms with Gasteiger partial charge in [0.15, 0.2) is 0 Å². The molecule has 1 heterocycles. The second-order valence-corrected chi connectivity index (χ2v) is 6.60. The van der Waals surface area contributed by atoms with Crippen LogP contribution in [0.25, 0.3) is 0 Å². The SMILES string of the molecule is COc1ccc(C2N(Cc3ccccc3)C(=O)C2(Cl)Cl)cc1. The first-order chi connectivity index (χ1) is 10.5. The first kappa shape index (κ1) is 15.2. The summed E-state index contributed by atoms with van der Waals surface area (Å²) in [7, 11) is 1.61. The van der Waals surface area contributed by atoms with Gasteiger partial charge < -0.3 is 9.64 Å². The van der Waals surface area contributed by atoms with E-state index in [0.29, 0.717) is 6.54 Å². The Morgan fingerprint density at radius 3 is 2.32 bits per heavy atom. The molecular weight excluding hydrogens is 321 g/mol. The summed E-state index contributed by atoms with van der Waals surface area (Å²) in [5.74, 6) is 0.485. The summed E-state index contributed by atoms with van der Waals surface area (Å²) < 4.78 is 3.74. The van der Waals surface area contributed by atoms with Gasteiger partial charge in [0.2, 0.25) is 4.33 Å². The van der Waals surface area contributed by atoms with Crippen molar-refractivity contribution in [1.82, 2.24) is 4.90 Å². The first-order valence-electron chi connectivity index (χ1n) is 6.91. The van der Waals surface area contributed by atoms with E-state index < -0.39 is 4.33 Å². The number of β-lactam (4-membered cyclic amide) rings is 1. The quantitative estimate of drug-likeness (QED) is 0.625. The first-order valence-corrected chi connectivity index (χ1v) is 7.66. The van der Waals surface area contributed by atoms with Crippen LogP contribution in [-0.4, -0.2) is 22.3 Å². The lowest BCUT2D eigenvalue weighted by Gasteiger charge is -2.49. The van der Waals surface area contributed by atoms with Crippen LogP contribution in [-0.2, 0) is 11.3 Å². The number of alkyl halides is 2. The van der Waals surface area contributed by atoms with Crippen molar-refractivity contribution in [2.45, 2.75) is 16.9 Å². The van der Waals surface area contributed by atoms with Crippen LogP contribution in [0.2, 0.25) is 0 Å². The van der Waals surface area contributed by atoms with E-state index in [9.17, 15) is 4.79 Å². The molecule has 1 unspecified atom stereocenters. The summed E-state index contributed by atoms with van der Waals surface area (Å²) in [6, 6.07) is 16.8. The zero-order valence-corrected chi connectivity index (χ0v) is 13.5. The summed E-state index contributed by atoms with van der Waals surface area (Å²) in [5, 5.41) is 0. The number of hydrogen-bond donors (Lipinski definition) is 0. The molecular formula is C17H15Cl2NO2. The molecule has 114 valence electrons. The standard InChI is InChI=1S/C17H15Cl2NO2/c1-22-14-9-7-13(8-10-14)15-17(18,19)16(21)20(15)11-12-5-3-2-4-6-12/h2-10,15H,11H2,1H3. The number of ether oxygens (including phenoxy) is 1. The number of rotatable bonds is 4. The molecule has 3 rings (SSSR count). The molecule has 1 amide bonds. The second-order valence-electron chi connectivity index (χ2n) is 5.22. The Kier molecular flexibility index (Phi) is 4.02. The van der Waals surface area contributed by atoms with Gasteiger partial charge in [-0.05, 0) is 23.3 Å². The van der Waals surface area contributed by atoms with Crippen molar-refractivity contribution in [3.05, 3.63) is 65.7 Å². The monoisotopic (exact) mass is 335 g/mol. The molecule has 2 aromatic rings. The molecule has 0 bridgehead atoms. The average Bonchev–Trinajstić information content (AvgIpc) is 2.55. The Labute approximate surface area is 139 Å². The average molecular weight is 336 g/mol. The fourth-order valence-corrected chi connectivity index (χ4v) is 3.38. The van der Waals surface area contributed by atoms with E-state index in [1.54, 1.807) is 12.0 Å². The van der Waals surface area contributed by atoms with Gasteiger partial charge in [-0.1, -0.05) is 65.7 Å². The van der Waals surface area contributed by atoms with Crippen LogP contribution in [0.4, 0.5) is 0 Å². The van der Waals surface area contributed by atoms with Gasteiger partial charge in [0.1, 0.15) is 5.75 Å². The third-order valence-electron chi connectivity index (χ3n) is 3.83. The van der Waals surface area contributed by atoms with E-state index in [2.05, 4.69) is 0 Å². The summed E-state index contributed by atoms with van der Waals surface area (Å²) in [6.07, 6.45) is 0. The van der Waals surface area contributed by atoms with E-state index in [1.807, 2.05) is 54.6 Å². The molecule has 0 saturated carbocycles. The molecule has 1 saturated heterocycles. The summed E-state index contributed by atoms with van der Waals surface area (Å²) >= 11 is 12.5. The third kappa shape index (κ3) is 2.55. The van der Waals surface area contributed by atoms with Gasteiger partial charge in [-0.2, -0.15) is 0 Å². The fourth-order valence-electron chi connectivity index (χ4n) is 2.67. The molecule has 0 aromatic heterocycles. The maximum Gasteiger partial charge on any atom is 0.262 e. The minimum absolute atomic E-state index is 0.263. The lowest BCUT2D eigenvalue weighted by molar-refractivity contribution is -0.149. The fraction of sp³-hybridized carbons (Fsp3) is 0.235. The van der Waals surface area contributed by atoms with Crippen molar-refractivity contribution in [2.75, 3.05) is 7.11 Å². The Bertz CT molecular complexity index is 671. The number of methoxy groups -OCH3 is 1. The molecule has 0 spiro atoms. The number of carbonyl (C=O) groups excluding carboxylic acids is 1. The number of likely N-dealkylation sites (tertiary alicyclic amines) is 1. The highest BCUT2D eigenvalue weighted by atomic mass is 35.5. The molecule has 1 fully saturated rings. The van der Waals surface area contributed by atoms with Gasteiger partial charge in [-0.3, -0.25) is 4.79 Å². The highest BCUT2D eigenvalue weighted by Crippen LogP contribution is 2.51. The number of benzene rings is 2. The molecule has 0 N–H and O–H groups in total. The van der Waals surface area contributed by atoms with Crippen LogP contribution in [0.1, 0.15) is 17.2 Å². The van der Waals surface area contributed by atoms with Gasteiger partial charge in [-0.15, -0.1) is 0 Å². The van der Waals surface area contributed by atoms with E-state index in [-0.39, 0.29) is 11.9 Å². The normalized spacial score (nSPS) is 19.7. The molecule has 1 atom stereocenters. The highest BCUT2D eigenvalue weighted by molar-refractivity contribution is 6.60. The number of amides is 1. The van der Waals surface area contributed by atoms with Crippen molar-refractivity contribution in [3.8, 4) is 5.75 Å². The predicted molar refractivity (Wildman–Crippen MR) is 87.2 cm³/mol. The predicted octanol–water partition coefficient (Wildman–Crippen LogP) is 3.95. The van der Waals surface area contributed by atoms with Gasteiger partial charge in [0.05, 0.1) is 13.2 Å². The minimum Gasteiger partial charge on any atom is -0.497 e. The summed E-state index contributed by atoms with van der Waals surface area (Å²) in [5.41, 5.74) is 1.93. The highest BCUT2D eigenvalue weighted by Gasteiger charge is 2.59. The van der Waals surface area contributed by atoms with Crippen molar-refractivity contribution in [1.29, 1.82) is 0 Å². The van der Waals surface area contributed by atoms with Crippen molar-refractivity contribution >= 4 is 29.1 Å². The van der Waals surface area contributed by atoms with Crippen LogP contribution in [0.3, 0.4) is 0 Å². The molecule has 3 nitrogen and oxygen atoms in total. The Balaban J connectivity index is 1.87. The second kappa shape index (κ2) is 5.82. The van der Waals surface area contributed by atoms with Gasteiger partial charge in [0.25, 0.3) is 5.91 Å². The van der Waals surface area contributed by atoms with Gasteiger partial charge in [0, 0.05) is 6.54 Å². The molecule has 0 radical (unpaired) electrons. The Hall–Kier alpha value is -1.71. The van der Waals surface area contributed by atoms with Gasteiger partial charge in [-0.25, -0.2) is 0 Å². The lowest BCUT2D eigenvalue weighted by Crippen LogP contribution is -2.61. The molecule has 2 aromatic carbocycles. The molecule has 0 aliphatic carbocycles. The molecule has 22 heavy (non-hydrogen) atoms. The van der Waals surface area contributed by atoms with Crippen molar-refractivity contribution < 1.29 is 9.53 Å². The number of carbonyl (C=O) groups is 1.